The topological polar surface area (TPSA) is 115 Å². The Balaban J connectivity index is 2.88. The number of carbonyl (C=O) groups excluding carboxylic acids is 2. The Morgan fingerprint density at radius 1 is 0.882 bits per heavy atom. The number of aromatic hydroxyl groups is 4. The lowest BCUT2D eigenvalue weighted by molar-refractivity contribution is 0.0828. The number of carbonyl (C=O) groups is 2. The van der Waals surface area contributed by atoms with Gasteiger partial charge >= 0.3 is 0 Å². The van der Waals surface area contributed by atoms with Crippen molar-refractivity contribution < 1.29 is 30.0 Å². The van der Waals surface area contributed by atoms with E-state index in [-0.39, 0.29) is 6.42 Å². The Labute approximate surface area is 95.8 Å². The van der Waals surface area contributed by atoms with Gasteiger partial charge in [0.15, 0.2) is 23.1 Å². The van der Waals surface area contributed by atoms with E-state index in [9.17, 15) is 30.0 Å². The Hall–Kier alpha value is -2.24. The first-order chi connectivity index (χ1) is 7.86. The first kappa shape index (κ1) is 11.3. The highest BCUT2D eigenvalue weighted by atomic mass is 16.3. The van der Waals surface area contributed by atoms with Gasteiger partial charge in [0.1, 0.15) is 0 Å². The molecule has 17 heavy (non-hydrogen) atoms. The molecule has 0 fully saturated rings. The summed E-state index contributed by atoms with van der Waals surface area (Å²) >= 11 is 0. The molecule has 0 amide bonds. The molecular formula is C11H10O6. The Kier molecular flexibility index (Phi) is 2.23. The van der Waals surface area contributed by atoms with Crippen molar-refractivity contribution in [3.63, 3.8) is 0 Å². The maximum absolute atomic E-state index is 11.8. The van der Waals surface area contributed by atoms with Crippen molar-refractivity contribution >= 4 is 11.6 Å². The molecule has 0 unspecified atom stereocenters. The number of ketones is 2. The number of hydrogen-bond donors (Lipinski definition) is 4. The number of hydrogen-bond acceptors (Lipinski definition) is 6. The molecule has 0 aliphatic heterocycles. The molecule has 1 aliphatic rings. The van der Waals surface area contributed by atoms with Crippen molar-refractivity contribution in [1.29, 1.82) is 0 Å². The minimum Gasteiger partial charge on any atom is -0.504 e. The summed E-state index contributed by atoms with van der Waals surface area (Å²) in [4.78, 5) is 23.4. The molecule has 0 aromatic heterocycles. The molecule has 90 valence electrons. The van der Waals surface area contributed by atoms with Crippen LogP contribution in [0.5, 0.6) is 23.0 Å². The van der Waals surface area contributed by atoms with E-state index in [0.29, 0.717) is 0 Å². The molecule has 2 rings (SSSR count). The highest BCUT2D eigenvalue weighted by molar-refractivity contribution is 6.18. The lowest BCUT2D eigenvalue weighted by atomic mass is 9.81. The van der Waals surface area contributed by atoms with Crippen LogP contribution in [0.2, 0.25) is 0 Å². The summed E-state index contributed by atoms with van der Waals surface area (Å²) in [6.45, 7) is 1.50. The van der Waals surface area contributed by atoms with E-state index in [4.69, 9.17) is 0 Å². The van der Waals surface area contributed by atoms with Crippen molar-refractivity contribution in [3.05, 3.63) is 11.1 Å². The van der Waals surface area contributed by atoms with Crippen LogP contribution in [-0.2, 0) is 0 Å². The van der Waals surface area contributed by atoms with Crippen LogP contribution in [0.1, 0.15) is 34.1 Å². The van der Waals surface area contributed by atoms with Crippen LogP contribution in [0, 0.1) is 5.92 Å². The van der Waals surface area contributed by atoms with E-state index >= 15 is 0 Å². The van der Waals surface area contributed by atoms with Crippen LogP contribution >= 0.6 is 0 Å². The Morgan fingerprint density at radius 2 is 1.35 bits per heavy atom. The smallest absolute Gasteiger partial charge is 0.205 e. The minimum atomic E-state index is -1.00. The lowest BCUT2D eigenvalue weighted by Gasteiger charge is -2.21. The average molecular weight is 238 g/mol. The van der Waals surface area contributed by atoms with Gasteiger partial charge in [-0.3, -0.25) is 9.59 Å². The highest BCUT2D eigenvalue weighted by Gasteiger charge is 2.37. The molecule has 0 bridgehead atoms. The van der Waals surface area contributed by atoms with E-state index in [0.717, 1.165) is 0 Å². The van der Waals surface area contributed by atoms with Gasteiger partial charge in [0.25, 0.3) is 0 Å². The molecule has 0 saturated carbocycles. The summed E-state index contributed by atoms with van der Waals surface area (Å²) in [5, 5.41) is 37.7. The molecule has 0 saturated heterocycles. The van der Waals surface area contributed by atoms with Gasteiger partial charge in [-0.15, -0.1) is 0 Å². The Bertz CT molecular complexity index is 546. The van der Waals surface area contributed by atoms with E-state index in [1.165, 1.54) is 6.92 Å². The van der Waals surface area contributed by atoms with Crippen molar-refractivity contribution in [1.82, 2.24) is 0 Å². The number of phenols is 4. The second-order valence-corrected chi connectivity index (χ2v) is 4.04. The summed E-state index contributed by atoms with van der Waals surface area (Å²) in [7, 11) is 0. The second-order valence-electron chi connectivity index (χ2n) is 4.04. The first-order valence-electron chi connectivity index (χ1n) is 4.93. The molecule has 1 aromatic rings. The summed E-state index contributed by atoms with van der Waals surface area (Å²) in [6, 6.07) is 0. The molecule has 4 N–H and O–H groups in total. The van der Waals surface area contributed by atoms with Crippen molar-refractivity contribution in [2.75, 3.05) is 0 Å². The van der Waals surface area contributed by atoms with Gasteiger partial charge in [-0.05, 0) is 0 Å². The van der Waals surface area contributed by atoms with Crippen LogP contribution in [0.4, 0.5) is 0 Å². The molecule has 0 radical (unpaired) electrons. The summed E-state index contributed by atoms with van der Waals surface area (Å²) in [6.07, 6.45) is -0.108. The van der Waals surface area contributed by atoms with E-state index in [1.54, 1.807) is 0 Å². The van der Waals surface area contributed by atoms with Crippen LogP contribution in [-0.4, -0.2) is 32.0 Å². The normalized spacial score (nSPS) is 19.2. The third-order valence-corrected chi connectivity index (χ3v) is 2.86. The number of benzene rings is 1. The third-order valence-electron chi connectivity index (χ3n) is 2.86. The van der Waals surface area contributed by atoms with Gasteiger partial charge in [-0.25, -0.2) is 0 Å². The molecule has 0 heterocycles. The molecular weight excluding hydrogens is 228 g/mol. The quantitative estimate of drug-likeness (QED) is 0.394. The van der Waals surface area contributed by atoms with Crippen LogP contribution in [0.25, 0.3) is 0 Å². The fourth-order valence-electron chi connectivity index (χ4n) is 1.93. The number of rotatable bonds is 0. The van der Waals surface area contributed by atoms with Gasteiger partial charge < -0.3 is 20.4 Å². The molecule has 0 spiro atoms. The van der Waals surface area contributed by atoms with Gasteiger partial charge in [-0.2, -0.15) is 0 Å². The molecule has 6 nitrogen and oxygen atoms in total. The monoisotopic (exact) mass is 238 g/mol. The minimum absolute atomic E-state index is 0.108. The fraction of sp³-hybridized carbons (Fsp3) is 0.273. The van der Waals surface area contributed by atoms with Crippen LogP contribution in [0.15, 0.2) is 0 Å². The summed E-state index contributed by atoms with van der Waals surface area (Å²) in [5.41, 5.74) is -0.859. The molecule has 1 atom stereocenters. The predicted molar refractivity (Wildman–Crippen MR) is 55.5 cm³/mol. The van der Waals surface area contributed by atoms with E-state index in [1.807, 2.05) is 0 Å². The van der Waals surface area contributed by atoms with Crippen molar-refractivity contribution in [2.24, 2.45) is 5.92 Å². The maximum atomic E-state index is 11.8. The van der Waals surface area contributed by atoms with Crippen molar-refractivity contribution in [3.8, 4) is 23.0 Å². The van der Waals surface area contributed by atoms with Gasteiger partial charge in [0.05, 0.1) is 11.1 Å². The predicted octanol–water partition coefficient (Wildman–Crippen LogP) is 0.914. The van der Waals surface area contributed by atoms with Gasteiger partial charge in [-0.1, -0.05) is 6.92 Å². The molecule has 1 aromatic carbocycles. The van der Waals surface area contributed by atoms with E-state index in [2.05, 4.69) is 0 Å². The van der Waals surface area contributed by atoms with Gasteiger partial charge in [0, 0.05) is 12.3 Å². The lowest BCUT2D eigenvalue weighted by Crippen LogP contribution is -2.25. The largest absolute Gasteiger partial charge is 0.504 e. The number of Topliss-reactive ketones (excluding diaryl/α,β-unsaturated/α-hetero) is 2. The SMILES string of the molecule is C[C@H]1CC(=O)c2c(O)c(O)c(O)c(O)c2C1=O. The maximum Gasteiger partial charge on any atom is 0.205 e. The van der Waals surface area contributed by atoms with Crippen molar-refractivity contribution in [2.45, 2.75) is 13.3 Å². The second kappa shape index (κ2) is 3.38. The standard InChI is InChI=1S/C11H10O6/c1-3-2-4(12)5-6(7(3)13)9(15)11(17)10(16)8(5)14/h3,14-17H,2H2,1H3/t3-/m0/s1. The van der Waals surface area contributed by atoms with Gasteiger partial charge in [0.2, 0.25) is 11.5 Å². The highest BCUT2D eigenvalue weighted by Crippen LogP contribution is 2.49. The first-order valence-corrected chi connectivity index (χ1v) is 4.93. The molecule has 6 heteroatoms. The van der Waals surface area contributed by atoms with E-state index < -0.39 is 51.6 Å². The summed E-state index contributed by atoms with van der Waals surface area (Å²) in [5.74, 6) is -5.50. The van der Waals surface area contributed by atoms with Crippen LogP contribution in [0.3, 0.4) is 0 Å². The zero-order valence-electron chi connectivity index (χ0n) is 8.89. The van der Waals surface area contributed by atoms with Crippen LogP contribution < -0.4 is 0 Å². The molecule has 1 aliphatic carbocycles. The fourth-order valence-corrected chi connectivity index (χ4v) is 1.93. The third kappa shape index (κ3) is 1.33. The zero-order valence-corrected chi connectivity index (χ0v) is 8.89. The number of fused-ring (bicyclic) bond motifs is 1. The summed E-state index contributed by atoms with van der Waals surface area (Å²) < 4.78 is 0. The zero-order chi connectivity index (χ0) is 12.9. The Morgan fingerprint density at radius 3 is 1.88 bits per heavy atom. The average Bonchev–Trinajstić information content (AvgIpc) is 2.28. The number of phenolic OH excluding ortho intramolecular Hbond substituents is 4.